The Labute approximate surface area is 151 Å². The van der Waals surface area contributed by atoms with E-state index < -0.39 is 0 Å². The highest BCUT2D eigenvalue weighted by Gasteiger charge is 2.22. The van der Waals surface area contributed by atoms with Crippen LogP contribution in [0.5, 0.6) is 0 Å². The van der Waals surface area contributed by atoms with E-state index in [0.29, 0.717) is 0 Å². The van der Waals surface area contributed by atoms with Crippen LogP contribution in [0.25, 0.3) is 0 Å². The SMILES string of the molecule is O=C(NCCCCN1CCCC1)C(c1ccccc1)c1ccccc1. The summed E-state index contributed by atoms with van der Waals surface area (Å²) in [6.07, 6.45) is 4.87. The number of benzene rings is 2. The maximum Gasteiger partial charge on any atom is 0.232 e. The number of hydrogen-bond acceptors (Lipinski definition) is 2. The lowest BCUT2D eigenvalue weighted by molar-refractivity contribution is -0.121. The summed E-state index contributed by atoms with van der Waals surface area (Å²) in [5.41, 5.74) is 2.09. The van der Waals surface area contributed by atoms with Crippen molar-refractivity contribution in [1.82, 2.24) is 10.2 Å². The second kappa shape index (κ2) is 9.38. The third-order valence-corrected chi connectivity index (χ3v) is 4.93. The summed E-state index contributed by atoms with van der Waals surface area (Å²) in [7, 11) is 0. The molecule has 132 valence electrons. The number of nitrogens with zero attached hydrogens (tertiary/aromatic N) is 1. The van der Waals surface area contributed by atoms with Crippen LogP contribution in [-0.4, -0.2) is 37.0 Å². The first-order valence-electron chi connectivity index (χ1n) is 9.44. The van der Waals surface area contributed by atoms with E-state index in [0.717, 1.165) is 37.1 Å². The van der Waals surface area contributed by atoms with E-state index in [4.69, 9.17) is 0 Å². The third kappa shape index (κ3) is 5.17. The van der Waals surface area contributed by atoms with Gasteiger partial charge in [-0.25, -0.2) is 0 Å². The lowest BCUT2D eigenvalue weighted by atomic mass is 9.90. The van der Waals surface area contributed by atoms with Gasteiger partial charge in [0.05, 0.1) is 5.92 Å². The van der Waals surface area contributed by atoms with E-state index in [9.17, 15) is 4.79 Å². The Morgan fingerprint density at radius 2 is 1.44 bits per heavy atom. The molecular weight excluding hydrogens is 308 g/mol. The molecule has 2 aromatic carbocycles. The van der Waals surface area contributed by atoms with Gasteiger partial charge in [0, 0.05) is 6.54 Å². The molecular formula is C22H28N2O. The fourth-order valence-corrected chi connectivity index (χ4v) is 3.57. The molecule has 1 aliphatic heterocycles. The molecule has 0 bridgehead atoms. The summed E-state index contributed by atoms with van der Waals surface area (Å²) in [6.45, 7) is 4.41. The van der Waals surface area contributed by atoms with E-state index >= 15 is 0 Å². The van der Waals surface area contributed by atoms with Gasteiger partial charge in [0.15, 0.2) is 0 Å². The van der Waals surface area contributed by atoms with Gasteiger partial charge in [0.25, 0.3) is 0 Å². The molecule has 1 saturated heterocycles. The van der Waals surface area contributed by atoms with Gasteiger partial charge in [-0.15, -0.1) is 0 Å². The highest BCUT2D eigenvalue weighted by atomic mass is 16.1. The Bertz CT molecular complexity index is 596. The van der Waals surface area contributed by atoms with Crippen molar-refractivity contribution in [3.8, 4) is 0 Å². The van der Waals surface area contributed by atoms with Gasteiger partial charge in [-0.3, -0.25) is 4.79 Å². The number of amides is 1. The van der Waals surface area contributed by atoms with Gasteiger partial charge >= 0.3 is 0 Å². The summed E-state index contributed by atoms with van der Waals surface area (Å²) in [4.78, 5) is 15.4. The quantitative estimate of drug-likeness (QED) is 0.744. The van der Waals surface area contributed by atoms with Crippen molar-refractivity contribution in [1.29, 1.82) is 0 Å². The molecule has 1 heterocycles. The van der Waals surface area contributed by atoms with Gasteiger partial charge in [-0.1, -0.05) is 60.7 Å². The van der Waals surface area contributed by atoms with Crippen LogP contribution in [0.15, 0.2) is 60.7 Å². The summed E-state index contributed by atoms with van der Waals surface area (Å²) < 4.78 is 0. The average Bonchev–Trinajstić information content (AvgIpc) is 3.17. The van der Waals surface area contributed by atoms with E-state index in [2.05, 4.69) is 10.2 Å². The van der Waals surface area contributed by atoms with Gasteiger partial charge < -0.3 is 10.2 Å². The van der Waals surface area contributed by atoms with E-state index in [1.165, 1.54) is 25.9 Å². The number of hydrogen-bond donors (Lipinski definition) is 1. The maximum absolute atomic E-state index is 12.8. The zero-order valence-corrected chi connectivity index (χ0v) is 14.9. The fourth-order valence-electron chi connectivity index (χ4n) is 3.57. The first-order chi connectivity index (χ1) is 12.3. The Balaban J connectivity index is 1.54. The molecule has 0 atom stereocenters. The Hall–Kier alpha value is -2.13. The minimum Gasteiger partial charge on any atom is -0.355 e. The molecule has 0 saturated carbocycles. The minimum absolute atomic E-state index is 0.0959. The predicted octanol–water partition coefficient (Wildman–Crippen LogP) is 3.81. The van der Waals surface area contributed by atoms with Crippen LogP contribution in [0.3, 0.4) is 0 Å². The third-order valence-electron chi connectivity index (χ3n) is 4.93. The lowest BCUT2D eigenvalue weighted by Crippen LogP contribution is -2.31. The molecule has 0 aliphatic carbocycles. The molecule has 1 amide bonds. The molecule has 0 aromatic heterocycles. The molecule has 3 rings (SSSR count). The summed E-state index contributed by atoms with van der Waals surface area (Å²) in [5, 5.41) is 3.15. The van der Waals surface area contributed by atoms with Crippen LogP contribution >= 0.6 is 0 Å². The van der Waals surface area contributed by atoms with E-state index in [-0.39, 0.29) is 11.8 Å². The summed E-state index contributed by atoms with van der Waals surface area (Å²) >= 11 is 0. The number of unbranched alkanes of at least 4 members (excludes halogenated alkanes) is 1. The van der Waals surface area contributed by atoms with Crippen LogP contribution < -0.4 is 5.32 Å². The zero-order chi connectivity index (χ0) is 17.3. The Kier molecular flexibility index (Phi) is 6.63. The van der Waals surface area contributed by atoms with E-state index in [1.807, 2.05) is 60.7 Å². The summed E-state index contributed by atoms with van der Waals surface area (Å²) in [5.74, 6) is -0.139. The molecule has 0 radical (unpaired) electrons. The fraction of sp³-hybridized carbons (Fsp3) is 0.409. The van der Waals surface area contributed by atoms with Gasteiger partial charge in [-0.2, -0.15) is 0 Å². The summed E-state index contributed by atoms with van der Waals surface area (Å²) in [6, 6.07) is 20.1. The van der Waals surface area contributed by atoms with Crippen molar-refractivity contribution < 1.29 is 4.79 Å². The van der Waals surface area contributed by atoms with Crippen molar-refractivity contribution in [3.63, 3.8) is 0 Å². The van der Waals surface area contributed by atoms with Crippen LogP contribution in [0.2, 0.25) is 0 Å². The predicted molar refractivity (Wildman–Crippen MR) is 103 cm³/mol. The number of likely N-dealkylation sites (tertiary alicyclic amines) is 1. The highest BCUT2D eigenvalue weighted by molar-refractivity contribution is 5.87. The number of carbonyl (C=O) groups excluding carboxylic acids is 1. The standard InChI is InChI=1S/C22H28N2O/c25-22(23-15-7-8-16-24-17-9-10-18-24)21(19-11-3-1-4-12-19)20-13-5-2-6-14-20/h1-6,11-14,21H,7-10,15-18H2,(H,23,25). The topological polar surface area (TPSA) is 32.3 Å². The largest absolute Gasteiger partial charge is 0.355 e. The van der Waals surface area contributed by atoms with Crippen molar-refractivity contribution >= 4 is 5.91 Å². The van der Waals surface area contributed by atoms with Crippen LogP contribution in [-0.2, 0) is 4.79 Å². The molecule has 3 heteroatoms. The van der Waals surface area contributed by atoms with Crippen LogP contribution in [0, 0.1) is 0 Å². The van der Waals surface area contributed by atoms with Gasteiger partial charge in [0.1, 0.15) is 0 Å². The number of rotatable bonds is 8. The van der Waals surface area contributed by atoms with Gasteiger partial charge in [0.2, 0.25) is 5.91 Å². The zero-order valence-electron chi connectivity index (χ0n) is 14.9. The van der Waals surface area contributed by atoms with Crippen LogP contribution in [0.4, 0.5) is 0 Å². The second-order valence-electron chi connectivity index (χ2n) is 6.80. The highest BCUT2D eigenvalue weighted by Crippen LogP contribution is 2.24. The molecule has 2 aromatic rings. The van der Waals surface area contributed by atoms with Crippen molar-refractivity contribution in [2.75, 3.05) is 26.2 Å². The minimum atomic E-state index is -0.235. The Morgan fingerprint density at radius 1 is 0.880 bits per heavy atom. The van der Waals surface area contributed by atoms with Crippen molar-refractivity contribution in [2.24, 2.45) is 0 Å². The monoisotopic (exact) mass is 336 g/mol. The Morgan fingerprint density at radius 3 is 2.00 bits per heavy atom. The lowest BCUT2D eigenvalue weighted by Gasteiger charge is -2.18. The number of nitrogens with one attached hydrogen (secondary N) is 1. The molecule has 1 aliphatic rings. The smallest absolute Gasteiger partial charge is 0.232 e. The van der Waals surface area contributed by atoms with Crippen molar-refractivity contribution in [2.45, 2.75) is 31.6 Å². The number of carbonyl (C=O) groups is 1. The molecule has 1 N–H and O–H groups in total. The van der Waals surface area contributed by atoms with E-state index in [1.54, 1.807) is 0 Å². The second-order valence-corrected chi connectivity index (χ2v) is 6.80. The first kappa shape index (κ1) is 17.7. The molecule has 25 heavy (non-hydrogen) atoms. The first-order valence-corrected chi connectivity index (χ1v) is 9.44. The molecule has 3 nitrogen and oxygen atoms in total. The van der Waals surface area contributed by atoms with Gasteiger partial charge in [-0.05, 0) is 56.4 Å². The molecule has 1 fully saturated rings. The molecule has 0 unspecified atom stereocenters. The average molecular weight is 336 g/mol. The molecule has 0 spiro atoms. The maximum atomic E-state index is 12.8. The van der Waals surface area contributed by atoms with Crippen molar-refractivity contribution in [3.05, 3.63) is 71.8 Å². The normalized spacial score (nSPS) is 14.8. The van der Waals surface area contributed by atoms with Crippen LogP contribution in [0.1, 0.15) is 42.7 Å².